The quantitative estimate of drug-likeness (QED) is 0.864. The van der Waals surface area contributed by atoms with Crippen molar-refractivity contribution in [1.29, 1.82) is 0 Å². The Bertz CT molecular complexity index is 311. The number of rotatable bonds is 3. The average molecular weight is 274 g/mol. The van der Waals surface area contributed by atoms with Crippen LogP contribution in [0, 0.1) is 0 Å². The highest BCUT2D eigenvalue weighted by atomic mass is 32.1. The van der Waals surface area contributed by atoms with Crippen molar-refractivity contribution in [3.63, 3.8) is 0 Å². The molecular formula is C12H22N2OS2. The van der Waals surface area contributed by atoms with Crippen molar-refractivity contribution in [3.8, 4) is 0 Å². The molecule has 98 valence electrons. The lowest BCUT2D eigenvalue weighted by atomic mass is 10.1. The molecule has 0 bridgehead atoms. The summed E-state index contributed by atoms with van der Waals surface area (Å²) in [4.78, 5) is 2.22. The fraction of sp³-hybridized carbons (Fsp3) is 0.500. The van der Waals surface area contributed by atoms with Crippen LogP contribution in [-0.2, 0) is 0 Å². The van der Waals surface area contributed by atoms with Gasteiger partial charge in [-0.05, 0) is 12.0 Å². The van der Waals surface area contributed by atoms with Crippen molar-refractivity contribution < 1.29 is 5.11 Å². The second-order valence-electron chi connectivity index (χ2n) is 4.22. The van der Waals surface area contributed by atoms with Crippen LogP contribution in [0.2, 0.25) is 0 Å². The molecule has 1 aromatic carbocycles. The third kappa shape index (κ3) is 4.89. The number of hydrogen-bond acceptors (Lipinski definition) is 3. The van der Waals surface area contributed by atoms with Crippen LogP contribution in [0.5, 0.6) is 0 Å². The molecule has 0 spiro atoms. The molecule has 2 atom stereocenters. The number of β-amino-alcohol motifs (C(OH)–C–C–N with tert-alkyl or cyclic N) is 1. The summed E-state index contributed by atoms with van der Waals surface area (Å²) in [6, 6.07) is 10.2. The van der Waals surface area contributed by atoms with Crippen molar-refractivity contribution in [2.45, 2.75) is 18.6 Å². The maximum absolute atomic E-state index is 9.40. The molecule has 3 N–H and O–H groups in total. The summed E-state index contributed by atoms with van der Waals surface area (Å²) in [6.45, 7) is 2.56. The van der Waals surface area contributed by atoms with E-state index in [1.54, 1.807) is 0 Å². The largest absolute Gasteiger partial charge is 0.392 e. The van der Waals surface area contributed by atoms with E-state index in [1.165, 1.54) is 5.56 Å². The maximum Gasteiger partial charge on any atom is 0.0679 e. The van der Waals surface area contributed by atoms with E-state index >= 15 is 0 Å². The zero-order valence-electron chi connectivity index (χ0n) is 9.84. The van der Waals surface area contributed by atoms with Crippen molar-refractivity contribution in [3.05, 3.63) is 35.9 Å². The first-order valence-corrected chi connectivity index (χ1v) is 5.46. The molecule has 1 aromatic rings. The topological polar surface area (TPSA) is 49.5 Å². The van der Waals surface area contributed by atoms with E-state index in [-0.39, 0.29) is 39.1 Å². The van der Waals surface area contributed by atoms with Crippen molar-refractivity contribution in [1.82, 2.24) is 4.90 Å². The van der Waals surface area contributed by atoms with Crippen LogP contribution in [0.4, 0.5) is 0 Å². The van der Waals surface area contributed by atoms with E-state index in [0.717, 1.165) is 26.1 Å². The summed E-state index contributed by atoms with van der Waals surface area (Å²) in [6.07, 6.45) is 0.717. The minimum atomic E-state index is -0.159. The molecule has 0 amide bonds. The Morgan fingerprint density at radius 2 is 1.94 bits per heavy atom. The maximum atomic E-state index is 9.40. The van der Waals surface area contributed by atoms with Crippen LogP contribution in [-0.4, -0.2) is 35.7 Å². The Balaban J connectivity index is 0.00000128. The molecule has 2 rings (SSSR count). The van der Waals surface area contributed by atoms with Gasteiger partial charge in [0.05, 0.1) is 6.10 Å². The third-order valence-electron chi connectivity index (χ3n) is 2.93. The van der Waals surface area contributed by atoms with Gasteiger partial charge in [-0.15, -0.1) is 0 Å². The summed E-state index contributed by atoms with van der Waals surface area (Å²) in [5.41, 5.74) is 7.26. The van der Waals surface area contributed by atoms with Gasteiger partial charge in [0.1, 0.15) is 0 Å². The van der Waals surface area contributed by atoms with E-state index in [9.17, 15) is 5.11 Å². The molecule has 0 unspecified atom stereocenters. The summed E-state index contributed by atoms with van der Waals surface area (Å²) < 4.78 is 0. The second-order valence-corrected chi connectivity index (χ2v) is 4.22. The predicted octanol–water partition coefficient (Wildman–Crippen LogP) is 0.979. The molecule has 5 heteroatoms. The van der Waals surface area contributed by atoms with Crippen LogP contribution in [0.25, 0.3) is 0 Å². The summed E-state index contributed by atoms with van der Waals surface area (Å²) in [5, 5.41) is 9.40. The van der Waals surface area contributed by atoms with Gasteiger partial charge >= 0.3 is 0 Å². The van der Waals surface area contributed by atoms with Crippen LogP contribution < -0.4 is 5.73 Å². The normalized spacial score (nSPS) is 21.4. The zero-order chi connectivity index (χ0) is 10.7. The first-order chi connectivity index (χ1) is 7.25. The van der Waals surface area contributed by atoms with Gasteiger partial charge in [-0.3, -0.25) is 4.90 Å². The molecule has 1 aliphatic heterocycles. The number of likely N-dealkylation sites (tertiary alicyclic amines) is 1. The minimum Gasteiger partial charge on any atom is -0.392 e. The van der Waals surface area contributed by atoms with Gasteiger partial charge < -0.3 is 10.8 Å². The van der Waals surface area contributed by atoms with E-state index in [4.69, 9.17) is 5.73 Å². The van der Waals surface area contributed by atoms with Gasteiger partial charge in [0.15, 0.2) is 0 Å². The first-order valence-electron chi connectivity index (χ1n) is 5.46. The molecule has 3 nitrogen and oxygen atoms in total. The Kier molecular flexibility index (Phi) is 7.91. The van der Waals surface area contributed by atoms with Crippen LogP contribution in [0.1, 0.15) is 18.0 Å². The molecule has 1 fully saturated rings. The Morgan fingerprint density at radius 3 is 2.47 bits per heavy atom. The Morgan fingerprint density at radius 1 is 1.29 bits per heavy atom. The van der Waals surface area contributed by atoms with Crippen molar-refractivity contribution in [2.75, 3.05) is 19.6 Å². The number of aliphatic hydroxyl groups excluding tert-OH is 1. The third-order valence-corrected chi connectivity index (χ3v) is 2.93. The fourth-order valence-corrected chi connectivity index (χ4v) is 2.06. The van der Waals surface area contributed by atoms with Gasteiger partial charge in [0.2, 0.25) is 0 Å². The molecule has 17 heavy (non-hydrogen) atoms. The summed E-state index contributed by atoms with van der Waals surface area (Å²) >= 11 is 0. The SMILES string of the molecule is N[C@H](CN1CC[C@H](O)C1)c1ccccc1.S.S. The smallest absolute Gasteiger partial charge is 0.0679 e. The summed E-state index contributed by atoms with van der Waals surface area (Å²) in [7, 11) is 0. The number of nitrogens with zero attached hydrogens (tertiary/aromatic N) is 1. The first kappa shape index (κ1) is 16.8. The van der Waals surface area contributed by atoms with Gasteiger partial charge in [-0.25, -0.2) is 0 Å². The van der Waals surface area contributed by atoms with E-state index in [1.807, 2.05) is 18.2 Å². The second kappa shape index (κ2) is 8.00. The van der Waals surface area contributed by atoms with Gasteiger partial charge in [-0.2, -0.15) is 27.0 Å². The van der Waals surface area contributed by atoms with Crippen LogP contribution >= 0.6 is 27.0 Å². The van der Waals surface area contributed by atoms with Gasteiger partial charge in [-0.1, -0.05) is 30.3 Å². The monoisotopic (exact) mass is 274 g/mol. The number of nitrogens with two attached hydrogens (primary N) is 1. The molecule has 1 saturated heterocycles. The molecule has 0 aromatic heterocycles. The molecule has 0 radical (unpaired) electrons. The van der Waals surface area contributed by atoms with Gasteiger partial charge in [0, 0.05) is 25.7 Å². The van der Waals surface area contributed by atoms with Crippen molar-refractivity contribution in [2.24, 2.45) is 5.73 Å². The lowest BCUT2D eigenvalue weighted by Crippen LogP contribution is -2.31. The number of hydrogen-bond donors (Lipinski definition) is 2. The Labute approximate surface area is 117 Å². The summed E-state index contributed by atoms with van der Waals surface area (Å²) in [5.74, 6) is 0. The lowest BCUT2D eigenvalue weighted by molar-refractivity contribution is 0.174. The highest BCUT2D eigenvalue weighted by Crippen LogP contribution is 2.15. The van der Waals surface area contributed by atoms with Crippen LogP contribution in [0.3, 0.4) is 0 Å². The minimum absolute atomic E-state index is 0. The Hall–Kier alpha value is -0.200. The van der Waals surface area contributed by atoms with Crippen molar-refractivity contribution >= 4 is 27.0 Å². The van der Waals surface area contributed by atoms with E-state index < -0.39 is 0 Å². The molecule has 0 saturated carbocycles. The number of aliphatic hydroxyl groups is 1. The number of benzene rings is 1. The highest BCUT2D eigenvalue weighted by Gasteiger charge is 2.21. The standard InChI is InChI=1S/C12H18N2O.2H2S/c13-12(10-4-2-1-3-5-10)9-14-7-6-11(15)8-14;;/h1-5,11-12,15H,6-9,13H2;2*1H2/t11-,12+;;/m0../s1. The van der Waals surface area contributed by atoms with E-state index in [0.29, 0.717) is 0 Å². The molecule has 1 aliphatic rings. The lowest BCUT2D eigenvalue weighted by Gasteiger charge is -2.20. The zero-order valence-corrected chi connectivity index (χ0v) is 11.8. The van der Waals surface area contributed by atoms with E-state index in [2.05, 4.69) is 17.0 Å². The average Bonchev–Trinajstić information content (AvgIpc) is 2.65. The highest BCUT2D eigenvalue weighted by molar-refractivity contribution is 7.59. The molecular weight excluding hydrogens is 252 g/mol. The van der Waals surface area contributed by atoms with Crippen LogP contribution in [0.15, 0.2) is 30.3 Å². The molecule has 0 aliphatic carbocycles. The fourth-order valence-electron chi connectivity index (χ4n) is 2.06. The molecule has 1 heterocycles. The predicted molar refractivity (Wildman–Crippen MR) is 81.2 cm³/mol. The van der Waals surface area contributed by atoms with Gasteiger partial charge in [0.25, 0.3) is 0 Å².